The normalized spacial score (nSPS) is 14.8. The van der Waals surface area contributed by atoms with Crippen LogP contribution in [-0.2, 0) is 16.2 Å². The van der Waals surface area contributed by atoms with Crippen molar-refractivity contribution in [3.63, 3.8) is 0 Å². The number of urea groups is 1. The van der Waals surface area contributed by atoms with Crippen molar-refractivity contribution in [3.05, 3.63) is 94.0 Å². The van der Waals surface area contributed by atoms with Crippen molar-refractivity contribution in [2.45, 2.75) is 20.5 Å². The third-order valence-corrected chi connectivity index (χ3v) is 5.53. The first-order valence-corrected chi connectivity index (χ1v) is 11.4. The molecule has 4 amide bonds. The number of hydrogen-bond donors (Lipinski definition) is 1. The van der Waals surface area contributed by atoms with Crippen molar-refractivity contribution >= 4 is 41.2 Å². The van der Waals surface area contributed by atoms with E-state index in [2.05, 4.69) is 5.32 Å². The minimum Gasteiger partial charge on any atom is -0.490 e. The Morgan fingerprint density at radius 3 is 2.31 bits per heavy atom. The summed E-state index contributed by atoms with van der Waals surface area (Å²) in [7, 11) is 0. The first-order chi connectivity index (χ1) is 16.9. The number of ether oxygens (including phenoxy) is 2. The molecule has 0 aliphatic carbocycles. The van der Waals surface area contributed by atoms with E-state index in [4.69, 9.17) is 21.1 Å². The number of nitrogens with zero attached hydrogens (tertiary/aromatic N) is 1. The van der Waals surface area contributed by atoms with Crippen LogP contribution in [0.5, 0.6) is 11.5 Å². The molecule has 0 atom stereocenters. The fraction of sp³-hybridized carbons (Fsp3) is 0.148. The Kier molecular flexibility index (Phi) is 7.17. The van der Waals surface area contributed by atoms with Crippen molar-refractivity contribution in [2.24, 2.45) is 0 Å². The van der Waals surface area contributed by atoms with E-state index in [9.17, 15) is 14.4 Å². The summed E-state index contributed by atoms with van der Waals surface area (Å²) in [4.78, 5) is 38.8. The molecule has 8 heteroatoms. The number of hydrogen-bond acceptors (Lipinski definition) is 5. The van der Waals surface area contributed by atoms with Crippen LogP contribution < -0.4 is 19.7 Å². The van der Waals surface area contributed by atoms with Gasteiger partial charge in [-0.1, -0.05) is 47.5 Å². The molecular formula is C27H23ClN2O5. The van der Waals surface area contributed by atoms with E-state index in [1.165, 1.54) is 23.8 Å². The zero-order chi connectivity index (χ0) is 24.9. The maximum Gasteiger partial charge on any atom is 0.335 e. The number of amides is 4. The van der Waals surface area contributed by atoms with E-state index in [1.807, 2.05) is 38.1 Å². The number of halogens is 1. The smallest absolute Gasteiger partial charge is 0.335 e. The van der Waals surface area contributed by atoms with Crippen LogP contribution in [-0.4, -0.2) is 24.5 Å². The summed E-state index contributed by atoms with van der Waals surface area (Å²) in [5, 5.41) is 2.66. The minimum absolute atomic E-state index is 0.185. The molecule has 7 nitrogen and oxygen atoms in total. The number of nitrogens with one attached hydrogen (secondary N) is 1. The van der Waals surface area contributed by atoms with Crippen LogP contribution in [0.15, 0.2) is 72.3 Å². The second kappa shape index (κ2) is 10.4. The standard InChI is InChI=1S/C27H23ClN2O5/c1-3-34-24-15-19(8-13-23(24)35-16-18-6-4-17(2)5-7-18)14-22-25(31)29-27(33)30(26(22)32)21-11-9-20(28)10-12-21/h4-15H,3,16H2,1-2H3,(H,29,31,33)/b22-14+. The van der Waals surface area contributed by atoms with Gasteiger partial charge in [-0.05, 0) is 67.4 Å². The lowest BCUT2D eigenvalue weighted by Crippen LogP contribution is -2.54. The Balaban J connectivity index is 1.60. The largest absolute Gasteiger partial charge is 0.490 e. The van der Waals surface area contributed by atoms with Crippen LogP contribution in [0.4, 0.5) is 10.5 Å². The number of carbonyl (C=O) groups is 3. The van der Waals surface area contributed by atoms with Gasteiger partial charge in [0, 0.05) is 5.02 Å². The minimum atomic E-state index is -0.825. The van der Waals surface area contributed by atoms with Crippen molar-refractivity contribution in [1.29, 1.82) is 0 Å². The zero-order valence-corrected chi connectivity index (χ0v) is 20.0. The summed E-state index contributed by atoms with van der Waals surface area (Å²) in [6.07, 6.45) is 1.42. The maximum atomic E-state index is 13.1. The highest BCUT2D eigenvalue weighted by molar-refractivity contribution is 6.39. The quantitative estimate of drug-likeness (QED) is 0.359. The van der Waals surface area contributed by atoms with Gasteiger partial charge in [0.1, 0.15) is 12.2 Å². The predicted molar refractivity (Wildman–Crippen MR) is 134 cm³/mol. The molecule has 0 saturated carbocycles. The molecular weight excluding hydrogens is 468 g/mol. The predicted octanol–water partition coefficient (Wildman–Crippen LogP) is 5.29. The second-order valence-electron chi connectivity index (χ2n) is 7.85. The van der Waals surface area contributed by atoms with Crippen LogP contribution in [0.3, 0.4) is 0 Å². The van der Waals surface area contributed by atoms with Gasteiger partial charge in [0.2, 0.25) is 0 Å². The van der Waals surface area contributed by atoms with Crippen LogP contribution >= 0.6 is 11.6 Å². The molecule has 1 saturated heterocycles. The van der Waals surface area contributed by atoms with E-state index in [0.717, 1.165) is 10.5 Å². The summed E-state index contributed by atoms with van der Waals surface area (Å²) in [6, 6.07) is 18.5. The first kappa shape index (κ1) is 24.0. The van der Waals surface area contributed by atoms with Gasteiger partial charge >= 0.3 is 6.03 Å². The lowest BCUT2D eigenvalue weighted by atomic mass is 10.1. The summed E-state index contributed by atoms with van der Waals surface area (Å²) in [6.45, 7) is 4.63. The molecule has 0 radical (unpaired) electrons. The highest BCUT2D eigenvalue weighted by Crippen LogP contribution is 2.31. The number of rotatable bonds is 7. The van der Waals surface area contributed by atoms with Crippen LogP contribution in [0.25, 0.3) is 6.08 Å². The van der Waals surface area contributed by atoms with Gasteiger partial charge in [-0.15, -0.1) is 0 Å². The number of anilines is 1. The fourth-order valence-electron chi connectivity index (χ4n) is 3.50. The molecule has 4 rings (SSSR count). The number of benzene rings is 3. The van der Waals surface area contributed by atoms with E-state index >= 15 is 0 Å². The number of imide groups is 2. The third-order valence-electron chi connectivity index (χ3n) is 5.28. The molecule has 3 aromatic rings. The number of barbiturate groups is 1. The van der Waals surface area contributed by atoms with E-state index in [-0.39, 0.29) is 5.57 Å². The zero-order valence-electron chi connectivity index (χ0n) is 19.2. The van der Waals surface area contributed by atoms with Gasteiger partial charge in [-0.25, -0.2) is 9.69 Å². The third kappa shape index (κ3) is 5.53. The SMILES string of the molecule is CCOc1cc(/C=C2\C(=O)NC(=O)N(c3ccc(Cl)cc3)C2=O)ccc1OCc1ccc(C)cc1. The van der Waals surface area contributed by atoms with Crippen LogP contribution in [0.1, 0.15) is 23.6 Å². The Hall–Kier alpha value is -4.10. The molecule has 178 valence electrons. The lowest BCUT2D eigenvalue weighted by Gasteiger charge is -2.26. The summed E-state index contributed by atoms with van der Waals surface area (Å²) in [5.74, 6) is -0.503. The fourth-order valence-corrected chi connectivity index (χ4v) is 3.62. The van der Waals surface area contributed by atoms with Crippen molar-refractivity contribution in [2.75, 3.05) is 11.5 Å². The molecule has 0 unspecified atom stereocenters. The van der Waals surface area contributed by atoms with Gasteiger partial charge in [0.15, 0.2) is 11.5 Å². The first-order valence-electron chi connectivity index (χ1n) is 11.0. The van der Waals surface area contributed by atoms with Gasteiger partial charge in [-0.3, -0.25) is 14.9 Å². The Labute approximate surface area is 207 Å². The molecule has 1 fully saturated rings. The summed E-state index contributed by atoms with van der Waals surface area (Å²) in [5.41, 5.74) is 2.83. The van der Waals surface area contributed by atoms with Crippen molar-refractivity contribution < 1.29 is 23.9 Å². The molecule has 1 aliphatic heterocycles. The van der Waals surface area contributed by atoms with Gasteiger partial charge in [0.05, 0.1) is 12.3 Å². The Bertz CT molecular complexity index is 1300. The van der Waals surface area contributed by atoms with E-state index in [0.29, 0.717) is 41.0 Å². The average Bonchev–Trinajstić information content (AvgIpc) is 2.83. The second-order valence-corrected chi connectivity index (χ2v) is 8.28. The van der Waals surface area contributed by atoms with Crippen molar-refractivity contribution in [3.8, 4) is 11.5 Å². The van der Waals surface area contributed by atoms with Crippen molar-refractivity contribution in [1.82, 2.24) is 5.32 Å². The molecule has 0 spiro atoms. The van der Waals surface area contributed by atoms with E-state index in [1.54, 1.807) is 30.3 Å². The molecule has 0 aromatic heterocycles. The highest BCUT2D eigenvalue weighted by atomic mass is 35.5. The average molecular weight is 491 g/mol. The van der Waals surface area contributed by atoms with Gasteiger partial charge < -0.3 is 9.47 Å². The summed E-state index contributed by atoms with van der Waals surface area (Å²) >= 11 is 5.91. The molecule has 1 aliphatic rings. The molecule has 3 aromatic carbocycles. The Morgan fingerprint density at radius 1 is 0.914 bits per heavy atom. The molecule has 1 heterocycles. The monoisotopic (exact) mass is 490 g/mol. The lowest BCUT2D eigenvalue weighted by molar-refractivity contribution is -0.122. The van der Waals surface area contributed by atoms with Gasteiger partial charge in [0.25, 0.3) is 11.8 Å². The molecule has 35 heavy (non-hydrogen) atoms. The Morgan fingerprint density at radius 2 is 1.63 bits per heavy atom. The van der Waals surface area contributed by atoms with E-state index < -0.39 is 17.8 Å². The van der Waals surface area contributed by atoms with Crippen LogP contribution in [0.2, 0.25) is 5.02 Å². The topological polar surface area (TPSA) is 84.9 Å². The number of aryl methyl sites for hydroxylation is 1. The highest BCUT2D eigenvalue weighted by Gasteiger charge is 2.36. The molecule has 0 bridgehead atoms. The van der Waals surface area contributed by atoms with Crippen LogP contribution in [0, 0.1) is 6.92 Å². The van der Waals surface area contributed by atoms with Gasteiger partial charge in [-0.2, -0.15) is 0 Å². The maximum absolute atomic E-state index is 13.1. The molecule has 1 N–H and O–H groups in total. The number of carbonyl (C=O) groups excluding carboxylic acids is 3. The summed E-state index contributed by atoms with van der Waals surface area (Å²) < 4.78 is 11.7.